The molecule has 0 aliphatic carbocycles. The Morgan fingerprint density at radius 2 is 1.91 bits per heavy atom. The van der Waals surface area contributed by atoms with Crippen molar-refractivity contribution in [1.82, 2.24) is 5.32 Å². The Hall–Kier alpha value is -2.14. The van der Waals surface area contributed by atoms with Gasteiger partial charge in [-0.25, -0.2) is 0 Å². The summed E-state index contributed by atoms with van der Waals surface area (Å²) in [4.78, 5) is 12.7. The first-order valence-corrected chi connectivity index (χ1v) is 9.25. The van der Waals surface area contributed by atoms with E-state index in [-0.39, 0.29) is 17.9 Å². The number of fused-ring (bicyclic) bond motifs is 1. The maximum absolute atomic E-state index is 12.7. The SMILES string of the molecule is CS(=O)CC(NC(=O)C1COc2ccccc21)c1ccccc1. The van der Waals surface area contributed by atoms with Gasteiger partial charge in [-0.3, -0.25) is 9.00 Å². The maximum Gasteiger partial charge on any atom is 0.231 e. The molecule has 1 heterocycles. The van der Waals surface area contributed by atoms with Crippen molar-refractivity contribution in [3.05, 3.63) is 65.7 Å². The van der Waals surface area contributed by atoms with Crippen LogP contribution in [0.2, 0.25) is 0 Å². The van der Waals surface area contributed by atoms with E-state index in [0.29, 0.717) is 12.4 Å². The average Bonchev–Trinajstić information content (AvgIpc) is 2.99. The summed E-state index contributed by atoms with van der Waals surface area (Å²) < 4.78 is 17.2. The molecule has 0 spiro atoms. The maximum atomic E-state index is 12.7. The van der Waals surface area contributed by atoms with Gasteiger partial charge in [0.15, 0.2) is 0 Å². The van der Waals surface area contributed by atoms with Gasteiger partial charge in [0, 0.05) is 28.4 Å². The number of nitrogens with one attached hydrogen (secondary N) is 1. The van der Waals surface area contributed by atoms with Gasteiger partial charge in [0.1, 0.15) is 18.3 Å². The lowest BCUT2D eigenvalue weighted by atomic mass is 9.99. The number of hydrogen-bond donors (Lipinski definition) is 1. The summed E-state index contributed by atoms with van der Waals surface area (Å²) in [5, 5.41) is 3.04. The minimum atomic E-state index is -1.01. The highest BCUT2D eigenvalue weighted by atomic mass is 32.2. The Bertz CT molecular complexity index is 717. The molecular weight excluding hydrogens is 310 g/mol. The van der Waals surface area contributed by atoms with E-state index in [2.05, 4.69) is 5.32 Å². The zero-order valence-electron chi connectivity index (χ0n) is 12.9. The summed E-state index contributed by atoms with van der Waals surface area (Å²) in [6, 6.07) is 17.0. The lowest BCUT2D eigenvalue weighted by Gasteiger charge is -2.20. The van der Waals surface area contributed by atoms with Crippen molar-refractivity contribution in [2.24, 2.45) is 0 Å². The second kappa shape index (κ2) is 6.96. The zero-order valence-corrected chi connectivity index (χ0v) is 13.7. The third-order valence-electron chi connectivity index (χ3n) is 3.94. The minimum absolute atomic E-state index is 0.0887. The van der Waals surface area contributed by atoms with E-state index in [1.807, 2.05) is 54.6 Å². The van der Waals surface area contributed by atoms with Crippen LogP contribution in [0.3, 0.4) is 0 Å². The third kappa shape index (κ3) is 3.62. The molecule has 2 aromatic rings. The van der Waals surface area contributed by atoms with Gasteiger partial charge in [-0.05, 0) is 11.6 Å². The standard InChI is InChI=1S/C18H19NO3S/c1-23(21)12-16(13-7-3-2-4-8-13)19-18(20)15-11-22-17-10-6-5-9-14(15)17/h2-10,15-16H,11-12H2,1H3,(H,19,20). The Balaban J connectivity index is 1.78. The van der Waals surface area contributed by atoms with Gasteiger partial charge >= 0.3 is 0 Å². The molecule has 0 saturated carbocycles. The molecule has 0 bridgehead atoms. The number of carbonyl (C=O) groups is 1. The lowest BCUT2D eigenvalue weighted by molar-refractivity contribution is -0.123. The number of benzene rings is 2. The van der Waals surface area contributed by atoms with E-state index >= 15 is 0 Å². The van der Waals surface area contributed by atoms with Crippen molar-refractivity contribution in [3.8, 4) is 5.75 Å². The Morgan fingerprint density at radius 3 is 2.65 bits per heavy atom. The lowest BCUT2D eigenvalue weighted by Crippen LogP contribution is -2.36. The van der Waals surface area contributed by atoms with Crippen molar-refractivity contribution in [2.45, 2.75) is 12.0 Å². The first-order chi connectivity index (χ1) is 11.1. The first-order valence-electron chi connectivity index (χ1n) is 7.52. The molecule has 0 saturated heterocycles. The molecule has 4 nitrogen and oxygen atoms in total. The molecule has 2 aromatic carbocycles. The first kappa shape index (κ1) is 15.7. The van der Waals surface area contributed by atoms with E-state index in [9.17, 15) is 9.00 Å². The van der Waals surface area contributed by atoms with E-state index in [1.54, 1.807) is 6.26 Å². The van der Waals surface area contributed by atoms with Crippen LogP contribution in [0.15, 0.2) is 54.6 Å². The molecule has 3 unspecified atom stereocenters. The fourth-order valence-corrected chi connectivity index (χ4v) is 3.54. The number of amides is 1. The van der Waals surface area contributed by atoms with E-state index < -0.39 is 10.8 Å². The summed E-state index contributed by atoms with van der Waals surface area (Å²) in [7, 11) is -1.01. The van der Waals surface area contributed by atoms with Gasteiger partial charge in [0.2, 0.25) is 5.91 Å². The quantitative estimate of drug-likeness (QED) is 0.916. The summed E-state index contributed by atoms with van der Waals surface area (Å²) in [5.41, 5.74) is 1.87. The van der Waals surface area contributed by atoms with Crippen LogP contribution in [0, 0.1) is 0 Å². The Labute approximate surface area is 138 Å². The second-order valence-electron chi connectivity index (χ2n) is 5.61. The van der Waals surface area contributed by atoms with Crippen LogP contribution < -0.4 is 10.1 Å². The fourth-order valence-electron chi connectivity index (χ4n) is 2.79. The van der Waals surface area contributed by atoms with Gasteiger partial charge in [0.05, 0.1) is 6.04 Å². The van der Waals surface area contributed by atoms with Crippen molar-refractivity contribution in [2.75, 3.05) is 18.6 Å². The Morgan fingerprint density at radius 1 is 1.22 bits per heavy atom. The van der Waals surface area contributed by atoms with Gasteiger partial charge in [-0.15, -0.1) is 0 Å². The highest BCUT2D eigenvalue weighted by Gasteiger charge is 2.31. The summed E-state index contributed by atoms with van der Waals surface area (Å²) >= 11 is 0. The topological polar surface area (TPSA) is 55.4 Å². The van der Waals surface area contributed by atoms with Crippen LogP contribution in [-0.4, -0.2) is 28.7 Å². The number of carbonyl (C=O) groups excluding carboxylic acids is 1. The normalized spacial score (nSPS) is 18.6. The third-order valence-corrected chi connectivity index (χ3v) is 4.74. The number of rotatable bonds is 5. The van der Waals surface area contributed by atoms with Crippen LogP contribution in [0.5, 0.6) is 5.75 Å². The molecule has 1 N–H and O–H groups in total. The Kier molecular flexibility index (Phi) is 4.76. The van der Waals surface area contributed by atoms with E-state index in [1.165, 1.54) is 0 Å². The fraction of sp³-hybridized carbons (Fsp3) is 0.278. The molecule has 23 heavy (non-hydrogen) atoms. The number of hydrogen-bond acceptors (Lipinski definition) is 3. The second-order valence-corrected chi connectivity index (χ2v) is 7.09. The van der Waals surface area contributed by atoms with Gasteiger partial charge in [0.25, 0.3) is 0 Å². The van der Waals surface area contributed by atoms with Crippen LogP contribution in [0.25, 0.3) is 0 Å². The molecular formula is C18H19NO3S. The molecule has 1 amide bonds. The van der Waals surface area contributed by atoms with Gasteiger partial charge in [-0.2, -0.15) is 0 Å². The molecule has 0 fully saturated rings. The average molecular weight is 329 g/mol. The summed E-state index contributed by atoms with van der Waals surface area (Å²) in [5.74, 6) is 0.755. The van der Waals surface area contributed by atoms with Crippen molar-refractivity contribution < 1.29 is 13.7 Å². The van der Waals surface area contributed by atoms with Gasteiger partial charge in [-0.1, -0.05) is 48.5 Å². The van der Waals surface area contributed by atoms with Crippen molar-refractivity contribution in [1.29, 1.82) is 0 Å². The van der Waals surface area contributed by atoms with Crippen LogP contribution in [0.4, 0.5) is 0 Å². The van der Waals surface area contributed by atoms with Crippen LogP contribution >= 0.6 is 0 Å². The van der Waals surface area contributed by atoms with Crippen molar-refractivity contribution in [3.63, 3.8) is 0 Å². The van der Waals surface area contributed by atoms with Crippen molar-refractivity contribution >= 4 is 16.7 Å². The monoisotopic (exact) mass is 329 g/mol. The molecule has 0 radical (unpaired) electrons. The molecule has 0 aromatic heterocycles. The zero-order chi connectivity index (χ0) is 16.2. The van der Waals surface area contributed by atoms with E-state index in [0.717, 1.165) is 16.9 Å². The molecule has 1 aliphatic heterocycles. The smallest absolute Gasteiger partial charge is 0.231 e. The van der Waals surface area contributed by atoms with Gasteiger partial charge < -0.3 is 10.1 Å². The van der Waals surface area contributed by atoms with Crippen LogP contribution in [-0.2, 0) is 15.6 Å². The summed E-state index contributed by atoms with van der Waals surface area (Å²) in [6.07, 6.45) is 1.65. The molecule has 3 rings (SSSR count). The summed E-state index contributed by atoms with van der Waals surface area (Å²) in [6.45, 7) is 0.349. The largest absolute Gasteiger partial charge is 0.492 e. The predicted molar refractivity (Wildman–Crippen MR) is 90.9 cm³/mol. The number of para-hydroxylation sites is 1. The highest BCUT2D eigenvalue weighted by Crippen LogP contribution is 2.34. The number of ether oxygens (including phenoxy) is 1. The molecule has 3 atom stereocenters. The molecule has 1 aliphatic rings. The highest BCUT2D eigenvalue weighted by molar-refractivity contribution is 7.84. The van der Waals surface area contributed by atoms with E-state index in [4.69, 9.17) is 4.74 Å². The molecule has 120 valence electrons. The van der Waals surface area contributed by atoms with Crippen LogP contribution in [0.1, 0.15) is 23.1 Å². The minimum Gasteiger partial charge on any atom is -0.492 e. The molecule has 5 heteroatoms. The predicted octanol–water partition coefficient (Wildman–Crippen LogP) is 2.40.